The van der Waals surface area contributed by atoms with Crippen molar-refractivity contribution in [2.24, 2.45) is 12.8 Å². The predicted octanol–water partition coefficient (Wildman–Crippen LogP) is 1.90. The highest BCUT2D eigenvalue weighted by Crippen LogP contribution is 2.20. The van der Waals surface area contributed by atoms with E-state index in [9.17, 15) is 0 Å². The van der Waals surface area contributed by atoms with Gasteiger partial charge in [0.05, 0.1) is 11.8 Å². The molecule has 0 spiro atoms. The largest absolute Gasteiger partial charge is 0.366 e. The second-order valence-corrected chi connectivity index (χ2v) is 4.81. The molecule has 0 aliphatic heterocycles. The molecule has 0 aliphatic rings. The van der Waals surface area contributed by atoms with E-state index in [0.717, 1.165) is 29.7 Å². The SMILES string of the molecule is CCC(N)(CC)CNc1nccc2c1ncn2C. The Kier molecular flexibility index (Phi) is 3.52. The smallest absolute Gasteiger partial charge is 0.154 e. The first-order chi connectivity index (χ1) is 8.59. The molecule has 18 heavy (non-hydrogen) atoms. The van der Waals surface area contributed by atoms with Crippen molar-refractivity contribution < 1.29 is 0 Å². The first-order valence-corrected chi connectivity index (χ1v) is 6.38. The molecule has 2 rings (SSSR count). The summed E-state index contributed by atoms with van der Waals surface area (Å²) in [6.07, 6.45) is 5.47. The predicted molar refractivity (Wildman–Crippen MR) is 74.5 cm³/mol. The van der Waals surface area contributed by atoms with E-state index in [2.05, 4.69) is 29.1 Å². The van der Waals surface area contributed by atoms with Crippen LogP contribution in [0.15, 0.2) is 18.6 Å². The van der Waals surface area contributed by atoms with Crippen molar-refractivity contribution >= 4 is 16.9 Å². The Morgan fingerprint density at radius 1 is 1.33 bits per heavy atom. The van der Waals surface area contributed by atoms with Crippen LogP contribution in [-0.4, -0.2) is 26.6 Å². The molecule has 0 saturated heterocycles. The molecule has 2 heterocycles. The van der Waals surface area contributed by atoms with E-state index in [1.807, 2.05) is 17.7 Å². The highest BCUT2D eigenvalue weighted by molar-refractivity contribution is 5.85. The quantitative estimate of drug-likeness (QED) is 0.846. The maximum atomic E-state index is 6.28. The molecule has 0 unspecified atom stereocenters. The van der Waals surface area contributed by atoms with Crippen molar-refractivity contribution in [1.29, 1.82) is 0 Å². The lowest BCUT2D eigenvalue weighted by Gasteiger charge is -2.27. The van der Waals surface area contributed by atoms with Gasteiger partial charge in [0, 0.05) is 25.3 Å². The van der Waals surface area contributed by atoms with Crippen LogP contribution in [0.5, 0.6) is 0 Å². The Morgan fingerprint density at radius 3 is 2.72 bits per heavy atom. The van der Waals surface area contributed by atoms with Crippen LogP contribution in [0.2, 0.25) is 0 Å². The molecule has 5 heteroatoms. The lowest BCUT2D eigenvalue weighted by atomic mass is 9.94. The molecule has 2 aromatic heterocycles. The molecule has 0 saturated carbocycles. The molecule has 0 amide bonds. The van der Waals surface area contributed by atoms with Crippen LogP contribution in [0.4, 0.5) is 5.82 Å². The normalized spacial score (nSPS) is 12.0. The van der Waals surface area contributed by atoms with Crippen molar-refractivity contribution in [3.8, 4) is 0 Å². The van der Waals surface area contributed by atoms with Gasteiger partial charge in [0.25, 0.3) is 0 Å². The number of nitrogens with one attached hydrogen (secondary N) is 1. The van der Waals surface area contributed by atoms with Gasteiger partial charge >= 0.3 is 0 Å². The summed E-state index contributed by atoms with van der Waals surface area (Å²) in [6.45, 7) is 4.93. The molecule has 98 valence electrons. The molecule has 0 radical (unpaired) electrons. The van der Waals surface area contributed by atoms with Gasteiger partial charge in [-0.25, -0.2) is 9.97 Å². The Balaban J connectivity index is 2.22. The van der Waals surface area contributed by atoms with Crippen LogP contribution < -0.4 is 11.1 Å². The van der Waals surface area contributed by atoms with E-state index in [1.54, 1.807) is 12.5 Å². The molecule has 5 nitrogen and oxygen atoms in total. The van der Waals surface area contributed by atoms with Gasteiger partial charge in [-0.3, -0.25) is 0 Å². The van der Waals surface area contributed by atoms with E-state index in [4.69, 9.17) is 5.73 Å². The van der Waals surface area contributed by atoms with E-state index >= 15 is 0 Å². The van der Waals surface area contributed by atoms with Crippen LogP contribution in [0.3, 0.4) is 0 Å². The first kappa shape index (κ1) is 12.8. The van der Waals surface area contributed by atoms with Crippen LogP contribution in [-0.2, 0) is 7.05 Å². The molecule has 0 aromatic carbocycles. The van der Waals surface area contributed by atoms with E-state index < -0.39 is 0 Å². The molecule has 0 bridgehead atoms. The minimum Gasteiger partial charge on any atom is -0.366 e. The number of aromatic nitrogens is 3. The topological polar surface area (TPSA) is 68.8 Å². The van der Waals surface area contributed by atoms with E-state index in [0.29, 0.717) is 6.54 Å². The lowest BCUT2D eigenvalue weighted by molar-refractivity contribution is 0.418. The second-order valence-electron chi connectivity index (χ2n) is 4.81. The van der Waals surface area contributed by atoms with Crippen molar-refractivity contribution in [3.05, 3.63) is 18.6 Å². The summed E-state index contributed by atoms with van der Waals surface area (Å²) in [5, 5.41) is 3.33. The number of rotatable bonds is 5. The fourth-order valence-corrected chi connectivity index (χ4v) is 1.95. The second kappa shape index (κ2) is 4.94. The average Bonchev–Trinajstić information content (AvgIpc) is 2.78. The third-order valence-electron chi connectivity index (χ3n) is 3.66. The zero-order valence-corrected chi connectivity index (χ0v) is 11.3. The Bertz CT molecular complexity index is 527. The van der Waals surface area contributed by atoms with Gasteiger partial charge in [0.15, 0.2) is 5.82 Å². The third-order valence-corrected chi connectivity index (χ3v) is 3.66. The average molecular weight is 247 g/mol. The zero-order chi connectivity index (χ0) is 13.2. The van der Waals surface area contributed by atoms with E-state index in [1.165, 1.54) is 0 Å². The lowest BCUT2D eigenvalue weighted by Crippen LogP contribution is -2.45. The van der Waals surface area contributed by atoms with Gasteiger partial charge in [0.1, 0.15) is 5.52 Å². The zero-order valence-electron chi connectivity index (χ0n) is 11.3. The van der Waals surface area contributed by atoms with Crippen LogP contribution >= 0.6 is 0 Å². The Hall–Kier alpha value is -1.62. The van der Waals surface area contributed by atoms with Gasteiger partial charge in [-0.2, -0.15) is 0 Å². The van der Waals surface area contributed by atoms with Gasteiger partial charge in [-0.15, -0.1) is 0 Å². The van der Waals surface area contributed by atoms with Crippen LogP contribution in [0.1, 0.15) is 26.7 Å². The monoisotopic (exact) mass is 247 g/mol. The summed E-state index contributed by atoms with van der Waals surface area (Å²) in [5.74, 6) is 0.810. The van der Waals surface area contributed by atoms with Crippen molar-refractivity contribution in [3.63, 3.8) is 0 Å². The molecule has 3 N–H and O–H groups in total. The fraction of sp³-hybridized carbons (Fsp3) is 0.538. The number of anilines is 1. The standard InChI is InChI=1S/C13H21N5/c1-4-13(14,5-2)8-16-12-11-10(6-7-15-12)18(3)9-17-11/h6-7,9H,4-5,8,14H2,1-3H3,(H,15,16). The van der Waals surface area contributed by atoms with Gasteiger partial charge in [-0.05, 0) is 18.9 Å². The number of aryl methyl sites for hydroxylation is 1. The number of nitrogens with zero attached hydrogens (tertiary/aromatic N) is 3. The van der Waals surface area contributed by atoms with Crippen molar-refractivity contribution in [2.45, 2.75) is 32.2 Å². The highest BCUT2D eigenvalue weighted by Gasteiger charge is 2.20. The maximum Gasteiger partial charge on any atom is 0.154 e. The summed E-state index contributed by atoms with van der Waals surface area (Å²) in [5.41, 5.74) is 8.07. The number of hydrogen-bond donors (Lipinski definition) is 2. The Labute approximate surface area is 107 Å². The van der Waals surface area contributed by atoms with Gasteiger partial charge in [0.2, 0.25) is 0 Å². The molecular weight excluding hydrogens is 226 g/mol. The summed E-state index contributed by atoms with van der Waals surface area (Å²) in [6, 6.07) is 1.96. The number of pyridine rings is 1. The highest BCUT2D eigenvalue weighted by atomic mass is 15.1. The summed E-state index contributed by atoms with van der Waals surface area (Å²) in [4.78, 5) is 8.72. The third kappa shape index (κ3) is 2.31. The number of hydrogen-bond acceptors (Lipinski definition) is 4. The van der Waals surface area contributed by atoms with Gasteiger partial charge in [-0.1, -0.05) is 13.8 Å². The first-order valence-electron chi connectivity index (χ1n) is 6.38. The Morgan fingerprint density at radius 2 is 2.06 bits per heavy atom. The molecular formula is C13H21N5. The van der Waals surface area contributed by atoms with E-state index in [-0.39, 0.29) is 5.54 Å². The summed E-state index contributed by atoms with van der Waals surface area (Å²) in [7, 11) is 1.98. The molecule has 0 fully saturated rings. The minimum absolute atomic E-state index is 0.182. The molecule has 0 atom stereocenters. The number of imidazole rings is 1. The van der Waals surface area contributed by atoms with Crippen LogP contribution in [0.25, 0.3) is 11.0 Å². The number of nitrogens with two attached hydrogens (primary N) is 1. The van der Waals surface area contributed by atoms with Gasteiger partial charge < -0.3 is 15.6 Å². The van der Waals surface area contributed by atoms with Crippen molar-refractivity contribution in [1.82, 2.24) is 14.5 Å². The maximum absolute atomic E-state index is 6.28. The van der Waals surface area contributed by atoms with Crippen molar-refractivity contribution in [2.75, 3.05) is 11.9 Å². The van der Waals surface area contributed by atoms with Crippen LogP contribution in [0, 0.1) is 0 Å². The fourth-order valence-electron chi connectivity index (χ4n) is 1.95. The summed E-state index contributed by atoms with van der Waals surface area (Å²) < 4.78 is 1.98. The minimum atomic E-state index is -0.182. The number of fused-ring (bicyclic) bond motifs is 1. The summed E-state index contributed by atoms with van der Waals surface area (Å²) >= 11 is 0. The molecule has 2 aromatic rings. The molecule has 0 aliphatic carbocycles.